The van der Waals surface area contributed by atoms with Gasteiger partial charge >= 0.3 is 25.8 Å². The average Bonchev–Trinajstić information content (AvgIpc) is 3.17. The van der Waals surface area contributed by atoms with E-state index in [-0.39, 0.29) is 65.5 Å². The van der Waals surface area contributed by atoms with Crippen molar-refractivity contribution in [3.8, 4) is 0 Å². The van der Waals surface area contributed by atoms with Gasteiger partial charge in [0, 0.05) is 9.52 Å². The number of hydrogen-bond acceptors (Lipinski definition) is 0. The second-order valence-electron chi connectivity index (χ2n) is 6.20. The summed E-state index contributed by atoms with van der Waals surface area (Å²) < 4.78 is 0. The number of hydrogen-bond donors (Lipinski definition) is 0. The van der Waals surface area contributed by atoms with E-state index in [1.165, 1.54) is 38.5 Å². The van der Waals surface area contributed by atoms with Crippen LogP contribution in [0.1, 0.15) is 38.5 Å². The molecule has 0 heterocycles. The Morgan fingerprint density at radius 1 is 0.808 bits per heavy atom. The van der Waals surface area contributed by atoms with Crippen LogP contribution in [0.5, 0.6) is 0 Å². The summed E-state index contributed by atoms with van der Waals surface area (Å²) in [5, 5.41) is 0. The second-order valence-corrected chi connectivity index (χ2v) is 7.35. The molecule has 2 atom stereocenters. The van der Waals surface area contributed by atoms with Crippen molar-refractivity contribution in [1.82, 2.24) is 0 Å². The van der Waals surface area contributed by atoms with Gasteiger partial charge in [-0.1, -0.05) is 25.9 Å². The third-order valence-corrected chi connectivity index (χ3v) is 4.42. The zero-order valence-corrected chi connectivity index (χ0v) is 23.3. The summed E-state index contributed by atoms with van der Waals surface area (Å²) in [4.78, 5) is 0. The van der Waals surface area contributed by atoms with E-state index in [0.29, 0.717) is 0 Å². The predicted molar refractivity (Wildman–Crippen MR) is 124 cm³/mol. The molecule has 2 fully saturated rings. The molecule has 0 aliphatic heterocycles. The second kappa shape index (κ2) is 20.1. The fraction of sp³-hybridized carbons (Fsp3) is 0.455. The van der Waals surface area contributed by atoms with Crippen molar-refractivity contribution in [2.45, 2.75) is 51.6 Å². The van der Waals surface area contributed by atoms with Gasteiger partial charge in [-0.2, -0.15) is 0 Å². The van der Waals surface area contributed by atoms with Crippen LogP contribution in [0.2, 0.25) is 13.1 Å². The minimum absolute atomic E-state index is 0. The van der Waals surface area contributed by atoms with Crippen LogP contribution in [0, 0.1) is 39.5 Å². The summed E-state index contributed by atoms with van der Waals surface area (Å²) in [7, 11) is 0.750. The molecule has 0 aromatic heterocycles. The van der Waals surface area contributed by atoms with Gasteiger partial charge < -0.3 is 14.9 Å². The van der Waals surface area contributed by atoms with E-state index in [9.17, 15) is 0 Å². The van der Waals surface area contributed by atoms with Gasteiger partial charge in [-0.25, -0.2) is 36.1 Å². The van der Waals surface area contributed by atoms with Gasteiger partial charge in [-0.15, -0.1) is 62.0 Å². The van der Waals surface area contributed by atoms with Crippen molar-refractivity contribution in [2.24, 2.45) is 11.8 Å². The maximum atomic E-state index is 2.37. The fourth-order valence-corrected chi connectivity index (χ4v) is 3.33. The minimum Gasteiger partial charge on any atom is -0.358 e. The maximum Gasteiger partial charge on any atom is 4.00 e. The first-order valence-corrected chi connectivity index (χ1v) is 10.8. The van der Waals surface area contributed by atoms with E-state index in [0.717, 1.165) is 21.4 Å². The Hall–Kier alpha value is 0.367. The van der Waals surface area contributed by atoms with E-state index < -0.39 is 0 Å². The molecule has 147 valence electrons. The van der Waals surface area contributed by atoms with Crippen molar-refractivity contribution in [2.75, 3.05) is 0 Å². The number of rotatable bonds is 0. The standard InChI is InChI=1S/2C9H11.C2H7Si.2CH3.2ClH.Hf/c2*1-2-5-9-7-3-6-8(9)4-1;1-3-2;;;;;/h2*1-2,4,6,9H,3,5,7H2;3H,1-2H3;2*1H3;2*1H;/q2*-1;;2*-1;;;+4. The van der Waals surface area contributed by atoms with Gasteiger partial charge in [0.15, 0.2) is 0 Å². The van der Waals surface area contributed by atoms with Crippen LogP contribution in [0.25, 0.3) is 0 Å². The molecule has 2 unspecified atom stereocenters. The number of halogens is 2. The first-order chi connectivity index (χ1) is 10.3. The Labute approximate surface area is 197 Å². The molecule has 0 saturated heterocycles. The number of allylic oxidation sites excluding steroid dienone is 8. The Kier molecular flexibility index (Phi) is 26.2. The van der Waals surface area contributed by atoms with Crippen LogP contribution in [-0.2, 0) is 25.8 Å². The zero-order valence-electron chi connectivity index (χ0n) is 16.9. The molecule has 0 N–H and O–H groups in total. The molecular formula is C22H37Cl2HfSi. The first kappa shape index (κ1) is 33.9. The van der Waals surface area contributed by atoms with Crippen LogP contribution >= 0.6 is 24.8 Å². The third kappa shape index (κ3) is 11.3. The third-order valence-electron chi connectivity index (χ3n) is 4.42. The van der Waals surface area contributed by atoms with Crippen LogP contribution < -0.4 is 0 Å². The zero-order chi connectivity index (χ0) is 14.9. The maximum absolute atomic E-state index is 2.37. The largest absolute Gasteiger partial charge is 4.00 e. The SMILES string of the molecule is C1=CCC2CC[CH-]C2=C1.C1=CCC2CC[CH-]C2=C1.C[SiH]C.Cl.Cl.[CH3-].[CH3-].[Hf+4]. The monoisotopic (exact) mass is 579 g/mol. The van der Waals surface area contributed by atoms with E-state index in [4.69, 9.17) is 0 Å². The molecule has 0 aromatic carbocycles. The Bertz CT molecular complexity index is 401. The van der Waals surface area contributed by atoms with Crippen LogP contribution in [-0.4, -0.2) is 9.52 Å². The van der Waals surface area contributed by atoms with Crippen molar-refractivity contribution in [3.63, 3.8) is 0 Å². The normalized spacial score (nSPS) is 22.2. The molecule has 0 nitrogen and oxygen atoms in total. The smallest absolute Gasteiger partial charge is 0.358 e. The molecular weight excluding hydrogens is 542 g/mol. The molecule has 4 rings (SSSR count). The minimum atomic E-state index is 0. The topological polar surface area (TPSA) is 0 Å². The Morgan fingerprint density at radius 3 is 1.46 bits per heavy atom. The summed E-state index contributed by atoms with van der Waals surface area (Å²) in [6, 6.07) is 0. The molecule has 4 aliphatic rings. The molecule has 4 aliphatic carbocycles. The van der Waals surface area contributed by atoms with Crippen LogP contribution in [0.4, 0.5) is 0 Å². The first-order valence-electron chi connectivity index (χ1n) is 8.49. The molecule has 0 bridgehead atoms. The van der Waals surface area contributed by atoms with Crippen molar-refractivity contribution in [3.05, 3.63) is 75.3 Å². The van der Waals surface area contributed by atoms with Gasteiger partial charge in [-0.05, 0) is 24.7 Å². The van der Waals surface area contributed by atoms with Crippen molar-refractivity contribution < 1.29 is 25.8 Å². The van der Waals surface area contributed by atoms with Gasteiger partial charge in [0.2, 0.25) is 0 Å². The summed E-state index contributed by atoms with van der Waals surface area (Å²) in [5.74, 6) is 1.77. The van der Waals surface area contributed by atoms with Gasteiger partial charge in [0.1, 0.15) is 0 Å². The van der Waals surface area contributed by atoms with Gasteiger partial charge in [-0.3, -0.25) is 0 Å². The van der Waals surface area contributed by atoms with E-state index in [1.807, 2.05) is 0 Å². The molecule has 2 saturated carbocycles. The average molecular weight is 579 g/mol. The van der Waals surface area contributed by atoms with E-state index >= 15 is 0 Å². The van der Waals surface area contributed by atoms with E-state index in [1.54, 1.807) is 11.1 Å². The molecule has 0 spiro atoms. The molecule has 4 heteroatoms. The van der Waals surface area contributed by atoms with E-state index in [2.05, 4.69) is 62.4 Å². The Balaban J connectivity index is -0.000000139. The quantitative estimate of drug-likeness (QED) is 0.210. The Morgan fingerprint density at radius 2 is 1.15 bits per heavy atom. The summed E-state index contributed by atoms with van der Waals surface area (Å²) >= 11 is 0. The van der Waals surface area contributed by atoms with Crippen molar-refractivity contribution >= 4 is 34.3 Å². The summed E-state index contributed by atoms with van der Waals surface area (Å²) in [5.41, 5.74) is 3.16. The predicted octanol–water partition coefficient (Wildman–Crippen LogP) is 7.23. The van der Waals surface area contributed by atoms with Crippen LogP contribution in [0.3, 0.4) is 0 Å². The molecule has 26 heavy (non-hydrogen) atoms. The van der Waals surface area contributed by atoms with Gasteiger partial charge in [0.05, 0.1) is 0 Å². The van der Waals surface area contributed by atoms with Crippen LogP contribution in [0.15, 0.2) is 47.6 Å². The number of fused-ring (bicyclic) bond motifs is 2. The molecule has 0 amide bonds. The fourth-order valence-electron chi connectivity index (χ4n) is 3.33. The summed E-state index contributed by atoms with van der Waals surface area (Å²) in [6.45, 7) is 4.42. The van der Waals surface area contributed by atoms with Crippen molar-refractivity contribution in [1.29, 1.82) is 0 Å². The molecule has 0 aromatic rings. The summed E-state index contributed by atoms with van der Waals surface area (Å²) in [6.07, 6.45) is 26.1. The van der Waals surface area contributed by atoms with Gasteiger partial charge in [0.25, 0.3) is 0 Å². The molecule has 1 radical (unpaired) electrons.